The van der Waals surface area contributed by atoms with Gasteiger partial charge in [-0.25, -0.2) is 0 Å². The zero-order chi connectivity index (χ0) is 16.2. The Balaban J connectivity index is 1.33. The predicted octanol–water partition coefficient (Wildman–Crippen LogP) is 3.93. The van der Waals surface area contributed by atoms with Crippen molar-refractivity contribution in [1.29, 1.82) is 0 Å². The zero-order valence-electron chi connectivity index (χ0n) is 14.0. The van der Waals surface area contributed by atoms with Crippen molar-refractivity contribution in [2.45, 2.75) is 31.4 Å². The Morgan fingerprint density at radius 3 is 2.21 bits per heavy atom. The Bertz CT molecular complexity index is 634. The fraction of sp³-hybridized carbons (Fsp3) is 0.429. The van der Waals surface area contributed by atoms with Crippen molar-refractivity contribution in [3.05, 3.63) is 59.7 Å². The van der Waals surface area contributed by atoms with E-state index >= 15 is 0 Å². The fourth-order valence-corrected chi connectivity index (χ4v) is 3.79. The van der Waals surface area contributed by atoms with Gasteiger partial charge < -0.3 is 14.8 Å². The third-order valence-electron chi connectivity index (χ3n) is 5.03. The fourth-order valence-electron chi connectivity index (χ4n) is 3.79. The van der Waals surface area contributed by atoms with Gasteiger partial charge in [0.1, 0.15) is 0 Å². The summed E-state index contributed by atoms with van der Waals surface area (Å²) in [5, 5.41) is 3.73. The van der Waals surface area contributed by atoms with Crippen molar-refractivity contribution in [2.75, 3.05) is 26.4 Å². The van der Waals surface area contributed by atoms with Gasteiger partial charge in [-0.3, -0.25) is 0 Å². The smallest absolute Gasteiger partial charge is 0.0619 e. The van der Waals surface area contributed by atoms with Crippen LogP contribution in [-0.4, -0.2) is 32.5 Å². The van der Waals surface area contributed by atoms with E-state index in [1.54, 1.807) is 0 Å². The van der Waals surface area contributed by atoms with E-state index in [2.05, 4.69) is 53.8 Å². The second kappa shape index (κ2) is 7.47. The molecule has 126 valence electrons. The number of benzene rings is 2. The molecule has 0 atom stereocenters. The number of rotatable bonds is 6. The molecule has 1 heterocycles. The van der Waals surface area contributed by atoms with E-state index in [1.165, 1.54) is 22.3 Å². The molecule has 4 rings (SSSR count). The Kier molecular flexibility index (Phi) is 4.93. The number of ether oxygens (including phenoxy) is 2. The van der Waals surface area contributed by atoms with Crippen LogP contribution in [0.4, 0.5) is 0 Å². The van der Waals surface area contributed by atoms with Gasteiger partial charge in [0.2, 0.25) is 0 Å². The molecule has 0 radical (unpaired) electrons. The van der Waals surface area contributed by atoms with Gasteiger partial charge in [0.15, 0.2) is 0 Å². The molecule has 1 aliphatic heterocycles. The maximum absolute atomic E-state index is 5.97. The van der Waals surface area contributed by atoms with Gasteiger partial charge in [-0.15, -0.1) is 0 Å². The molecule has 1 aliphatic carbocycles. The average Bonchev–Trinajstić information content (AvgIpc) is 2.97. The third-order valence-corrected chi connectivity index (χ3v) is 5.03. The Morgan fingerprint density at radius 2 is 1.54 bits per heavy atom. The lowest BCUT2D eigenvalue weighted by atomic mass is 10.1. The summed E-state index contributed by atoms with van der Waals surface area (Å²) in [5.41, 5.74) is 5.52. The molecule has 0 spiro atoms. The molecule has 1 saturated heterocycles. The summed E-state index contributed by atoms with van der Waals surface area (Å²) in [6.07, 6.45) is 3.51. The van der Waals surface area contributed by atoms with Crippen LogP contribution >= 0.6 is 0 Å². The molecule has 0 bridgehead atoms. The van der Waals surface area contributed by atoms with Crippen LogP contribution in [0.25, 0.3) is 11.1 Å². The van der Waals surface area contributed by atoms with Gasteiger partial charge in [0.05, 0.1) is 12.1 Å². The molecule has 3 heteroatoms. The zero-order valence-corrected chi connectivity index (χ0v) is 14.0. The lowest BCUT2D eigenvalue weighted by molar-refractivity contribution is -0.0322. The topological polar surface area (TPSA) is 30.5 Å². The van der Waals surface area contributed by atoms with Gasteiger partial charge in [-0.2, -0.15) is 0 Å². The summed E-state index contributed by atoms with van der Waals surface area (Å²) in [7, 11) is 0. The van der Waals surface area contributed by atoms with Crippen molar-refractivity contribution in [3.63, 3.8) is 0 Å². The normalized spacial score (nSPS) is 17.7. The van der Waals surface area contributed by atoms with Crippen LogP contribution in [0.1, 0.15) is 36.4 Å². The maximum Gasteiger partial charge on any atom is 0.0619 e. The van der Waals surface area contributed by atoms with Crippen molar-refractivity contribution >= 4 is 0 Å². The minimum absolute atomic E-state index is 0.306. The Hall–Kier alpha value is -1.68. The van der Waals surface area contributed by atoms with E-state index in [0.29, 0.717) is 12.1 Å². The maximum atomic E-state index is 5.97. The molecule has 0 unspecified atom stereocenters. The van der Waals surface area contributed by atoms with Gasteiger partial charge >= 0.3 is 0 Å². The Morgan fingerprint density at radius 1 is 0.917 bits per heavy atom. The number of hydrogen-bond acceptors (Lipinski definition) is 3. The molecule has 0 amide bonds. The summed E-state index contributed by atoms with van der Waals surface area (Å²) in [4.78, 5) is 0. The van der Waals surface area contributed by atoms with Crippen LogP contribution in [0.3, 0.4) is 0 Å². The highest BCUT2D eigenvalue weighted by Gasteiger charge is 2.27. The van der Waals surface area contributed by atoms with Gasteiger partial charge in [0, 0.05) is 19.8 Å². The summed E-state index contributed by atoms with van der Waals surface area (Å²) in [6.45, 7) is 3.49. The van der Waals surface area contributed by atoms with E-state index in [0.717, 1.165) is 45.6 Å². The largest absolute Gasteiger partial charge is 0.381 e. The quantitative estimate of drug-likeness (QED) is 0.817. The van der Waals surface area contributed by atoms with E-state index in [9.17, 15) is 0 Å². The van der Waals surface area contributed by atoms with Crippen LogP contribution in [0.5, 0.6) is 0 Å². The lowest BCUT2D eigenvalue weighted by Gasteiger charge is -2.22. The summed E-state index contributed by atoms with van der Waals surface area (Å²) >= 11 is 0. The highest BCUT2D eigenvalue weighted by molar-refractivity contribution is 5.78. The van der Waals surface area contributed by atoms with E-state index in [-0.39, 0.29) is 0 Å². The standard InChI is InChI=1S/C21H25NO2/c1-3-8-19-17(6-1)18-7-2-4-9-20(18)21(19)22-12-5-13-24-16-10-14-23-15-11-16/h1-4,6-9,16,21-22H,5,10-15H2. The molecule has 2 aromatic carbocycles. The second-order valence-corrected chi connectivity index (χ2v) is 6.60. The van der Waals surface area contributed by atoms with E-state index < -0.39 is 0 Å². The molecule has 0 saturated carbocycles. The highest BCUT2D eigenvalue weighted by Crippen LogP contribution is 2.42. The highest BCUT2D eigenvalue weighted by atomic mass is 16.5. The van der Waals surface area contributed by atoms with Gasteiger partial charge in [-0.05, 0) is 48.1 Å². The number of fused-ring (bicyclic) bond motifs is 3. The monoisotopic (exact) mass is 323 g/mol. The molecule has 3 nitrogen and oxygen atoms in total. The number of hydrogen-bond donors (Lipinski definition) is 1. The summed E-state index contributed by atoms with van der Waals surface area (Å²) < 4.78 is 11.3. The SMILES string of the molecule is c1ccc2c(c1)-c1ccccc1C2NCCCOC1CCOCC1. The van der Waals surface area contributed by atoms with E-state index in [4.69, 9.17) is 9.47 Å². The minimum Gasteiger partial charge on any atom is -0.381 e. The van der Waals surface area contributed by atoms with Gasteiger partial charge in [0.25, 0.3) is 0 Å². The molecule has 24 heavy (non-hydrogen) atoms. The molecular weight excluding hydrogens is 298 g/mol. The summed E-state index contributed by atoms with van der Waals surface area (Å²) in [6, 6.07) is 17.8. The minimum atomic E-state index is 0.306. The summed E-state index contributed by atoms with van der Waals surface area (Å²) in [5.74, 6) is 0. The third kappa shape index (κ3) is 3.25. The molecule has 1 fully saturated rings. The predicted molar refractivity (Wildman–Crippen MR) is 96.1 cm³/mol. The van der Waals surface area contributed by atoms with Crippen molar-refractivity contribution < 1.29 is 9.47 Å². The molecule has 0 aromatic heterocycles. The second-order valence-electron chi connectivity index (χ2n) is 6.60. The van der Waals surface area contributed by atoms with Crippen LogP contribution in [0.2, 0.25) is 0 Å². The Labute approximate surface area is 144 Å². The first-order valence-corrected chi connectivity index (χ1v) is 9.04. The van der Waals surface area contributed by atoms with Crippen molar-refractivity contribution in [1.82, 2.24) is 5.32 Å². The van der Waals surface area contributed by atoms with Crippen LogP contribution in [-0.2, 0) is 9.47 Å². The van der Waals surface area contributed by atoms with Gasteiger partial charge in [-0.1, -0.05) is 48.5 Å². The molecule has 2 aromatic rings. The first kappa shape index (κ1) is 15.8. The van der Waals surface area contributed by atoms with Crippen molar-refractivity contribution in [3.8, 4) is 11.1 Å². The van der Waals surface area contributed by atoms with Crippen LogP contribution in [0.15, 0.2) is 48.5 Å². The van der Waals surface area contributed by atoms with Crippen molar-refractivity contribution in [2.24, 2.45) is 0 Å². The first-order chi connectivity index (χ1) is 11.9. The number of nitrogens with one attached hydrogen (secondary N) is 1. The molecule has 2 aliphatic rings. The molecular formula is C21H25NO2. The van der Waals surface area contributed by atoms with Crippen LogP contribution in [0, 0.1) is 0 Å². The first-order valence-electron chi connectivity index (χ1n) is 9.04. The average molecular weight is 323 g/mol. The lowest BCUT2D eigenvalue weighted by Crippen LogP contribution is -2.26. The van der Waals surface area contributed by atoms with Crippen LogP contribution < -0.4 is 5.32 Å². The van der Waals surface area contributed by atoms with E-state index in [1.807, 2.05) is 0 Å². The molecule has 1 N–H and O–H groups in total.